The standard InChI is InChI=1S/C17H20N2O2S.C10H14N.C2H6S.C2H5.Sn.H/c1-3-20-15-9-5-13(6-10-15)18-17(22)19-14-7-11-16(12-8-14)21-4-2;1-9(8-11-2)10-6-4-3-5-7-10;1-2-3;1-2;;/h5-12H,3-4H2,1-2H3,(H2,18,19,22);3-7,9,11H,1,8H2,2H3;3H,2H2,1H3;1H2,2H3;;/q;;;;+1;/p-1. The van der Waals surface area contributed by atoms with Crippen LogP contribution in [-0.4, -0.2) is 56.0 Å². The maximum absolute atomic E-state index is 5.40. The van der Waals surface area contributed by atoms with E-state index in [1.807, 2.05) is 62.4 Å². The van der Waals surface area contributed by atoms with Crippen LogP contribution in [0.1, 0.15) is 39.2 Å². The Morgan fingerprint density at radius 2 is 1.31 bits per heavy atom. The molecule has 3 aromatic rings. The molecule has 39 heavy (non-hydrogen) atoms. The Balaban J connectivity index is 0.000000283. The van der Waals surface area contributed by atoms with Crippen LogP contribution in [0.15, 0.2) is 78.9 Å². The van der Waals surface area contributed by atoms with Crippen molar-refractivity contribution >= 4 is 56.0 Å². The molecule has 2 atom stereocenters. The Hall–Kier alpha value is -1.94. The molecule has 3 aromatic carbocycles. The Labute approximate surface area is 251 Å². The van der Waals surface area contributed by atoms with Gasteiger partial charge in [0.2, 0.25) is 0 Å². The van der Waals surface area contributed by atoms with E-state index in [1.54, 1.807) is 0 Å². The van der Waals surface area contributed by atoms with Gasteiger partial charge in [-0.2, -0.15) is 0 Å². The molecule has 0 radical (unpaired) electrons. The van der Waals surface area contributed by atoms with Crippen molar-refractivity contribution in [2.45, 2.75) is 42.5 Å². The van der Waals surface area contributed by atoms with Crippen LogP contribution in [0.4, 0.5) is 11.4 Å². The Morgan fingerprint density at radius 1 is 0.795 bits per heavy atom. The minimum absolute atomic E-state index is 0.535. The number of benzene rings is 3. The van der Waals surface area contributed by atoms with E-state index >= 15 is 0 Å². The second-order valence-corrected chi connectivity index (χ2v) is 24.8. The summed E-state index contributed by atoms with van der Waals surface area (Å²) >= 11 is 4.00. The Bertz CT molecular complexity index is 1000. The molecular weight excluding hydrogens is 629 g/mol. The summed E-state index contributed by atoms with van der Waals surface area (Å²) in [4.78, 5) is 0. The summed E-state index contributed by atoms with van der Waals surface area (Å²) in [5.74, 6) is 3.74. The summed E-state index contributed by atoms with van der Waals surface area (Å²) in [5, 5.41) is 10.2. The maximum atomic E-state index is 5.40. The summed E-state index contributed by atoms with van der Waals surface area (Å²) in [5.41, 5.74) is 3.34. The molecule has 0 saturated carbocycles. The van der Waals surface area contributed by atoms with E-state index < -0.39 is 18.4 Å². The van der Waals surface area contributed by atoms with Gasteiger partial charge in [-0.3, -0.25) is 0 Å². The van der Waals surface area contributed by atoms with Gasteiger partial charge < -0.3 is 20.1 Å². The van der Waals surface area contributed by atoms with Crippen molar-refractivity contribution in [2.24, 2.45) is 0 Å². The van der Waals surface area contributed by atoms with Crippen molar-refractivity contribution in [1.29, 1.82) is 0 Å². The fourth-order valence-corrected chi connectivity index (χ4v) is 18.0. The van der Waals surface area contributed by atoms with Crippen LogP contribution in [-0.2, 0) is 0 Å². The van der Waals surface area contributed by atoms with Crippen LogP contribution in [0.25, 0.3) is 0 Å². The van der Waals surface area contributed by atoms with Crippen LogP contribution in [0.3, 0.4) is 0 Å². The van der Waals surface area contributed by atoms with Gasteiger partial charge in [-0.1, -0.05) is 0 Å². The first-order chi connectivity index (χ1) is 19.0. The molecule has 0 heterocycles. The molecule has 0 spiro atoms. The van der Waals surface area contributed by atoms with Crippen molar-refractivity contribution in [3.8, 4) is 11.5 Å². The van der Waals surface area contributed by atoms with Crippen LogP contribution in [0.5, 0.6) is 11.5 Å². The zero-order chi connectivity index (χ0) is 28.3. The number of nitrogens with one attached hydrogen (secondary N) is 3. The van der Waals surface area contributed by atoms with Crippen molar-refractivity contribution < 1.29 is 9.47 Å². The molecule has 8 heteroatoms. The summed E-state index contributed by atoms with van der Waals surface area (Å²) in [7, 11) is 4.38. The van der Waals surface area contributed by atoms with Gasteiger partial charge in [-0.15, -0.1) is 0 Å². The van der Waals surface area contributed by atoms with Crippen molar-refractivity contribution in [1.82, 2.24) is 5.32 Å². The summed E-state index contributed by atoms with van der Waals surface area (Å²) < 4.78 is 13.8. The number of likely N-dealkylation sites (N-methyl/N-ethyl adjacent to an activating group) is 1. The van der Waals surface area contributed by atoms with Crippen LogP contribution in [0.2, 0.25) is 8.87 Å². The molecule has 212 valence electrons. The molecular formula is C31H45N3O2S2Sn. The predicted octanol–water partition coefficient (Wildman–Crippen LogP) is 7.78. The molecule has 0 bridgehead atoms. The quantitative estimate of drug-likeness (QED) is 0.119. The third-order valence-corrected chi connectivity index (χ3v) is 23.1. The van der Waals surface area contributed by atoms with E-state index in [4.69, 9.17) is 21.7 Å². The van der Waals surface area contributed by atoms with E-state index in [1.165, 1.54) is 20.2 Å². The van der Waals surface area contributed by atoms with Gasteiger partial charge in [0.25, 0.3) is 0 Å². The molecule has 0 saturated heterocycles. The zero-order valence-corrected chi connectivity index (χ0v) is 29.0. The second kappa shape index (κ2) is 20.0. The van der Waals surface area contributed by atoms with Gasteiger partial charge in [0.1, 0.15) is 11.5 Å². The number of hydrogen-bond donors (Lipinski definition) is 3. The summed E-state index contributed by atoms with van der Waals surface area (Å²) in [6.07, 6.45) is 0. The van der Waals surface area contributed by atoms with E-state index in [9.17, 15) is 0 Å². The van der Waals surface area contributed by atoms with E-state index in [2.05, 4.69) is 76.1 Å². The van der Waals surface area contributed by atoms with Gasteiger partial charge >= 0.3 is 117 Å². The van der Waals surface area contributed by atoms with Crippen molar-refractivity contribution in [3.05, 3.63) is 84.4 Å². The third kappa shape index (κ3) is 13.3. The third-order valence-electron chi connectivity index (χ3n) is 5.97. The first-order valence-corrected chi connectivity index (χ1v) is 24.0. The molecule has 0 aliphatic rings. The SMILES string of the molecule is CCOc1ccc(NC(=S)Nc2ccc(OCC)cc2)cc1.CC[S][SnH]([CH2]C)[CH2]C(CNC)c1ccccc1. The number of anilines is 2. The second-order valence-electron chi connectivity index (χ2n) is 8.88. The number of hydrogen-bond acceptors (Lipinski definition) is 5. The average Bonchev–Trinajstić information content (AvgIpc) is 2.95. The molecule has 3 rings (SSSR count). The summed E-state index contributed by atoms with van der Waals surface area (Å²) in [6, 6.07) is 26.4. The zero-order valence-electron chi connectivity index (χ0n) is 24.0. The van der Waals surface area contributed by atoms with E-state index in [-0.39, 0.29) is 0 Å². The first kappa shape index (κ1) is 33.3. The number of rotatable bonds is 14. The summed E-state index contributed by atoms with van der Waals surface area (Å²) in [6.45, 7) is 11.1. The predicted molar refractivity (Wildman–Crippen MR) is 179 cm³/mol. The normalized spacial score (nSPS) is 11.9. The first-order valence-electron chi connectivity index (χ1n) is 13.9. The minimum atomic E-state index is -1.31. The molecule has 3 N–H and O–H groups in total. The topological polar surface area (TPSA) is 54.5 Å². The van der Waals surface area contributed by atoms with Gasteiger partial charge in [-0.25, -0.2) is 0 Å². The van der Waals surface area contributed by atoms with Crippen LogP contribution in [0, 0.1) is 0 Å². The van der Waals surface area contributed by atoms with Gasteiger partial charge in [0, 0.05) is 11.4 Å². The van der Waals surface area contributed by atoms with Gasteiger partial charge in [0.05, 0.1) is 13.2 Å². The van der Waals surface area contributed by atoms with E-state index in [0.29, 0.717) is 18.3 Å². The Morgan fingerprint density at radius 3 is 1.72 bits per heavy atom. The van der Waals surface area contributed by atoms with Crippen LogP contribution < -0.4 is 25.4 Å². The average molecular weight is 675 g/mol. The molecule has 2 unspecified atom stereocenters. The van der Waals surface area contributed by atoms with Crippen molar-refractivity contribution in [2.75, 3.05) is 43.2 Å². The molecule has 0 aliphatic carbocycles. The van der Waals surface area contributed by atoms with Crippen LogP contribution >= 0.6 is 21.2 Å². The number of thiocarbonyl (C=S) groups is 1. The Kier molecular flexibility index (Phi) is 17.1. The van der Waals surface area contributed by atoms with Gasteiger partial charge in [0.15, 0.2) is 5.11 Å². The number of ether oxygens (including phenoxy) is 2. The van der Waals surface area contributed by atoms with E-state index in [0.717, 1.165) is 35.3 Å². The van der Waals surface area contributed by atoms with Crippen molar-refractivity contribution in [3.63, 3.8) is 0 Å². The molecule has 0 amide bonds. The monoisotopic (exact) mass is 675 g/mol. The molecule has 0 aromatic heterocycles. The fourth-order valence-electron chi connectivity index (χ4n) is 4.11. The molecule has 0 aliphatic heterocycles. The fraction of sp³-hybridized carbons (Fsp3) is 0.387. The molecule has 0 fully saturated rings. The molecule has 5 nitrogen and oxygen atoms in total. The van der Waals surface area contributed by atoms with Gasteiger partial charge in [-0.05, 0) is 74.6 Å².